The first-order valence-electron chi connectivity index (χ1n) is 6.83. The number of hydrogen-bond acceptors (Lipinski definition) is 4. The maximum Gasteiger partial charge on any atom is 0.272 e. The Labute approximate surface area is 113 Å². The second kappa shape index (κ2) is 6.12. The third kappa shape index (κ3) is 3.11. The van der Waals surface area contributed by atoms with Crippen molar-refractivity contribution in [3.63, 3.8) is 0 Å². The van der Waals surface area contributed by atoms with Crippen LogP contribution in [-0.2, 0) is 0 Å². The van der Waals surface area contributed by atoms with Crippen LogP contribution in [0.5, 0.6) is 0 Å². The van der Waals surface area contributed by atoms with E-state index >= 15 is 0 Å². The molecule has 2 rings (SSSR count). The van der Waals surface area contributed by atoms with E-state index in [1.807, 2.05) is 12.1 Å². The van der Waals surface area contributed by atoms with E-state index in [0.29, 0.717) is 0 Å². The normalized spacial score (nSPS) is 18.2. The number of rotatable bonds is 4. The van der Waals surface area contributed by atoms with Gasteiger partial charge in [-0.25, -0.2) is 0 Å². The van der Waals surface area contributed by atoms with Crippen LogP contribution in [-0.4, -0.2) is 36.0 Å². The van der Waals surface area contributed by atoms with Crippen molar-refractivity contribution in [2.75, 3.05) is 26.2 Å². The molecule has 5 heteroatoms. The third-order valence-electron chi connectivity index (χ3n) is 3.79. The van der Waals surface area contributed by atoms with Gasteiger partial charge in [0.2, 0.25) is 0 Å². The number of piperazine rings is 1. The number of nitro benzene ring substituents is 1. The lowest BCUT2D eigenvalue weighted by atomic mass is 9.99. The molecule has 0 saturated carbocycles. The van der Waals surface area contributed by atoms with Gasteiger partial charge in [-0.05, 0) is 18.9 Å². The Morgan fingerprint density at radius 2 is 2.11 bits per heavy atom. The molecular weight excluding hydrogens is 242 g/mol. The zero-order valence-electron chi connectivity index (χ0n) is 11.6. The SMILES string of the molecule is CC[C@@H](c1ccc(C)c([N+](=O)[O-])c1)N1CCNCC1. The topological polar surface area (TPSA) is 58.4 Å². The second-order valence-corrected chi connectivity index (χ2v) is 5.01. The van der Waals surface area contributed by atoms with Gasteiger partial charge in [-0.3, -0.25) is 15.0 Å². The Balaban J connectivity index is 2.27. The molecule has 1 aliphatic rings. The lowest BCUT2D eigenvalue weighted by Gasteiger charge is -2.34. The van der Waals surface area contributed by atoms with Gasteiger partial charge in [-0.15, -0.1) is 0 Å². The first-order valence-corrected chi connectivity index (χ1v) is 6.83. The van der Waals surface area contributed by atoms with Gasteiger partial charge in [-0.1, -0.05) is 19.1 Å². The Morgan fingerprint density at radius 1 is 1.42 bits per heavy atom. The molecule has 0 unspecified atom stereocenters. The van der Waals surface area contributed by atoms with Crippen molar-refractivity contribution < 1.29 is 4.92 Å². The van der Waals surface area contributed by atoms with Crippen molar-refractivity contribution in [2.24, 2.45) is 0 Å². The fourth-order valence-electron chi connectivity index (χ4n) is 2.73. The average Bonchev–Trinajstić information content (AvgIpc) is 2.42. The van der Waals surface area contributed by atoms with Crippen molar-refractivity contribution in [1.82, 2.24) is 10.2 Å². The molecule has 0 bridgehead atoms. The van der Waals surface area contributed by atoms with E-state index < -0.39 is 0 Å². The summed E-state index contributed by atoms with van der Waals surface area (Å²) in [6, 6.07) is 5.91. The monoisotopic (exact) mass is 263 g/mol. The molecule has 1 saturated heterocycles. The number of nitrogens with one attached hydrogen (secondary N) is 1. The quantitative estimate of drug-likeness (QED) is 0.668. The predicted octanol–water partition coefficient (Wildman–Crippen LogP) is 2.26. The summed E-state index contributed by atoms with van der Waals surface area (Å²) in [5.74, 6) is 0. The second-order valence-electron chi connectivity index (χ2n) is 5.01. The Kier molecular flexibility index (Phi) is 4.50. The van der Waals surface area contributed by atoms with Crippen LogP contribution in [0.4, 0.5) is 5.69 Å². The summed E-state index contributed by atoms with van der Waals surface area (Å²) in [6.45, 7) is 7.90. The van der Waals surface area contributed by atoms with E-state index in [1.165, 1.54) is 0 Å². The van der Waals surface area contributed by atoms with Crippen LogP contribution in [0.3, 0.4) is 0 Å². The molecule has 0 aromatic heterocycles. The maximum atomic E-state index is 11.0. The largest absolute Gasteiger partial charge is 0.314 e. The van der Waals surface area contributed by atoms with Crippen LogP contribution in [0.15, 0.2) is 18.2 Å². The highest BCUT2D eigenvalue weighted by Crippen LogP contribution is 2.29. The minimum absolute atomic E-state index is 0.228. The van der Waals surface area contributed by atoms with Gasteiger partial charge in [0.05, 0.1) is 4.92 Å². The highest BCUT2D eigenvalue weighted by atomic mass is 16.6. The highest BCUT2D eigenvalue weighted by Gasteiger charge is 2.22. The van der Waals surface area contributed by atoms with E-state index in [9.17, 15) is 10.1 Å². The van der Waals surface area contributed by atoms with Crippen LogP contribution in [0.1, 0.15) is 30.5 Å². The van der Waals surface area contributed by atoms with Crippen molar-refractivity contribution in [3.8, 4) is 0 Å². The maximum absolute atomic E-state index is 11.0. The fourth-order valence-corrected chi connectivity index (χ4v) is 2.73. The standard InChI is InChI=1S/C14H21N3O2/c1-3-13(16-8-6-15-7-9-16)12-5-4-11(2)14(10-12)17(18)19/h4-5,10,13,15H,3,6-9H2,1-2H3/t13-/m0/s1. The van der Waals surface area contributed by atoms with Gasteiger partial charge in [0.25, 0.3) is 5.69 Å². The van der Waals surface area contributed by atoms with Crippen LogP contribution < -0.4 is 5.32 Å². The minimum Gasteiger partial charge on any atom is -0.314 e. The molecule has 1 N–H and O–H groups in total. The Morgan fingerprint density at radius 3 is 2.68 bits per heavy atom. The first-order chi connectivity index (χ1) is 9.13. The summed E-state index contributed by atoms with van der Waals surface area (Å²) in [4.78, 5) is 13.2. The molecule has 1 aromatic rings. The molecule has 19 heavy (non-hydrogen) atoms. The van der Waals surface area contributed by atoms with Gasteiger partial charge in [-0.2, -0.15) is 0 Å². The minimum atomic E-state index is -0.288. The predicted molar refractivity (Wildman–Crippen MR) is 75.3 cm³/mol. The van der Waals surface area contributed by atoms with Gasteiger partial charge >= 0.3 is 0 Å². The number of nitro groups is 1. The average molecular weight is 263 g/mol. The molecule has 104 valence electrons. The Bertz CT molecular complexity index is 456. The lowest BCUT2D eigenvalue weighted by Crippen LogP contribution is -2.45. The van der Waals surface area contributed by atoms with E-state index in [1.54, 1.807) is 13.0 Å². The molecule has 0 aliphatic carbocycles. The number of benzene rings is 1. The smallest absolute Gasteiger partial charge is 0.272 e. The van der Waals surface area contributed by atoms with Crippen LogP contribution >= 0.6 is 0 Å². The number of hydrogen-bond donors (Lipinski definition) is 1. The number of nitrogens with zero attached hydrogens (tertiary/aromatic N) is 2. The van der Waals surface area contributed by atoms with Crippen molar-refractivity contribution in [2.45, 2.75) is 26.3 Å². The zero-order valence-corrected chi connectivity index (χ0v) is 11.6. The molecule has 1 fully saturated rings. The van der Waals surface area contributed by atoms with E-state index in [0.717, 1.165) is 43.7 Å². The van der Waals surface area contributed by atoms with Crippen LogP contribution in [0.2, 0.25) is 0 Å². The molecule has 1 aliphatic heterocycles. The summed E-state index contributed by atoms with van der Waals surface area (Å²) in [7, 11) is 0. The number of aryl methyl sites for hydroxylation is 1. The van der Waals surface area contributed by atoms with Crippen molar-refractivity contribution in [1.29, 1.82) is 0 Å². The molecule has 1 atom stereocenters. The highest BCUT2D eigenvalue weighted by molar-refractivity contribution is 5.43. The molecule has 1 aromatic carbocycles. The molecule has 0 spiro atoms. The van der Waals surface area contributed by atoms with E-state index in [4.69, 9.17) is 0 Å². The third-order valence-corrected chi connectivity index (χ3v) is 3.79. The van der Waals surface area contributed by atoms with Gasteiger partial charge < -0.3 is 5.32 Å². The zero-order chi connectivity index (χ0) is 13.8. The van der Waals surface area contributed by atoms with Gasteiger partial charge in [0, 0.05) is 43.9 Å². The Hall–Kier alpha value is -1.46. The van der Waals surface area contributed by atoms with Crippen LogP contribution in [0, 0.1) is 17.0 Å². The lowest BCUT2D eigenvalue weighted by molar-refractivity contribution is -0.385. The van der Waals surface area contributed by atoms with Crippen LogP contribution in [0.25, 0.3) is 0 Å². The summed E-state index contributed by atoms with van der Waals surface area (Å²) >= 11 is 0. The van der Waals surface area contributed by atoms with E-state index in [2.05, 4.69) is 17.1 Å². The summed E-state index contributed by atoms with van der Waals surface area (Å²) in [5.41, 5.74) is 2.01. The molecular formula is C14H21N3O2. The molecule has 0 radical (unpaired) electrons. The summed E-state index contributed by atoms with van der Waals surface area (Å²) in [6.07, 6.45) is 0.972. The van der Waals surface area contributed by atoms with Gasteiger partial charge in [0.15, 0.2) is 0 Å². The molecule has 1 heterocycles. The summed E-state index contributed by atoms with van der Waals surface area (Å²) < 4.78 is 0. The van der Waals surface area contributed by atoms with Crippen molar-refractivity contribution >= 4 is 5.69 Å². The fraction of sp³-hybridized carbons (Fsp3) is 0.571. The first kappa shape index (κ1) is 14.0. The summed E-state index contributed by atoms with van der Waals surface area (Å²) in [5, 5.41) is 14.4. The molecule has 5 nitrogen and oxygen atoms in total. The van der Waals surface area contributed by atoms with E-state index in [-0.39, 0.29) is 16.7 Å². The molecule has 0 amide bonds. The van der Waals surface area contributed by atoms with Gasteiger partial charge in [0.1, 0.15) is 0 Å². The van der Waals surface area contributed by atoms with Crippen molar-refractivity contribution in [3.05, 3.63) is 39.4 Å².